The highest BCUT2D eigenvalue weighted by Gasteiger charge is 2.25. The van der Waals surface area contributed by atoms with Gasteiger partial charge >= 0.3 is 0 Å². The fourth-order valence-electron chi connectivity index (χ4n) is 3.62. The topological polar surface area (TPSA) is 88.9 Å². The molecule has 3 aromatic rings. The number of carbonyl (C=O) groups is 2. The Morgan fingerprint density at radius 1 is 1.14 bits per heavy atom. The van der Waals surface area contributed by atoms with Crippen LogP contribution in [0, 0.1) is 12.8 Å². The molecule has 0 bridgehead atoms. The molecule has 0 spiro atoms. The van der Waals surface area contributed by atoms with Crippen molar-refractivity contribution in [1.82, 2.24) is 20.1 Å². The molecule has 7 nitrogen and oxygen atoms in total. The molecule has 0 fully saturated rings. The molecule has 0 unspecified atom stereocenters. The summed E-state index contributed by atoms with van der Waals surface area (Å²) in [5.41, 5.74) is 2.11. The largest absolute Gasteiger partial charge is 0.342 e. The van der Waals surface area contributed by atoms with Gasteiger partial charge in [0, 0.05) is 21.7 Å². The zero-order valence-electron chi connectivity index (χ0n) is 20.4. The van der Waals surface area contributed by atoms with E-state index in [0.717, 1.165) is 15.7 Å². The molecule has 2 aromatic carbocycles. The first-order valence-corrected chi connectivity index (χ1v) is 14.0. The lowest BCUT2D eigenvalue weighted by Gasteiger charge is -2.21. The smallest absolute Gasteiger partial charge is 0.253 e. The van der Waals surface area contributed by atoms with Gasteiger partial charge in [0.25, 0.3) is 5.91 Å². The first kappa shape index (κ1) is 28.5. The van der Waals surface area contributed by atoms with Crippen molar-refractivity contribution in [1.29, 1.82) is 0 Å². The van der Waals surface area contributed by atoms with Gasteiger partial charge in [-0.05, 0) is 68.1 Å². The minimum Gasteiger partial charge on any atom is -0.342 e. The van der Waals surface area contributed by atoms with Gasteiger partial charge in [-0.25, -0.2) is 0 Å². The summed E-state index contributed by atoms with van der Waals surface area (Å²) in [4.78, 5) is 25.6. The van der Waals surface area contributed by atoms with Crippen molar-refractivity contribution < 1.29 is 9.59 Å². The maximum absolute atomic E-state index is 13.0. The Morgan fingerprint density at radius 3 is 2.53 bits per heavy atom. The zero-order chi connectivity index (χ0) is 26.4. The van der Waals surface area contributed by atoms with Gasteiger partial charge in [0.1, 0.15) is 0 Å². The number of halogens is 3. The normalized spacial score (nSPS) is 12.0. The van der Waals surface area contributed by atoms with E-state index >= 15 is 0 Å². The van der Waals surface area contributed by atoms with Crippen molar-refractivity contribution in [3.63, 3.8) is 0 Å². The standard InChI is InChI=1S/C25H28BrCl2N5O2S/c1-5-33-23(21(10-14(2)3)30-24(35)18-8-6-16(27)12-20(18)28)31-32-25(33)36-13-22(34)29-17-7-9-19(26)15(4)11-17/h6-9,11-12,14,21H,5,10,13H2,1-4H3,(H,29,34)(H,30,35)/t21-/m1/s1. The fraction of sp³-hybridized carbons (Fsp3) is 0.360. The highest BCUT2D eigenvalue weighted by molar-refractivity contribution is 9.10. The van der Waals surface area contributed by atoms with E-state index in [4.69, 9.17) is 23.2 Å². The zero-order valence-corrected chi connectivity index (χ0v) is 24.4. The van der Waals surface area contributed by atoms with E-state index in [2.05, 4.69) is 50.6 Å². The van der Waals surface area contributed by atoms with Crippen LogP contribution in [0.4, 0.5) is 5.69 Å². The van der Waals surface area contributed by atoms with Gasteiger partial charge in [-0.2, -0.15) is 0 Å². The lowest BCUT2D eigenvalue weighted by Crippen LogP contribution is -2.31. The Bertz CT molecular complexity index is 1250. The molecule has 0 saturated carbocycles. The molecule has 1 heterocycles. The van der Waals surface area contributed by atoms with Gasteiger partial charge in [-0.15, -0.1) is 10.2 Å². The minimum absolute atomic E-state index is 0.140. The molecule has 1 aromatic heterocycles. The first-order valence-electron chi connectivity index (χ1n) is 11.5. The van der Waals surface area contributed by atoms with E-state index < -0.39 is 0 Å². The van der Waals surface area contributed by atoms with Crippen molar-refractivity contribution >= 4 is 68.4 Å². The number of aryl methyl sites for hydroxylation is 1. The van der Waals surface area contributed by atoms with Crippen LogP contribution in [0.5, 0.6) is 0 Å². The second kappa shape index (κ2) is 12.9. The number of thioether (sulfide) groups is 1. The van der Waals surface area contributed by atoms with Gasteiger partial charge < -0.3 is 15.2 Å². The van der Waals surface area contributed by atoms with Crippen molar-refractivity contribution in [2.75, 3.05) is 11.1 Å². The summed E-state index contributed by atoms with van der Waals surface area (Å²) in [6, 6.07) is 10.0. The summed E-state index contributed by atoms with van der Waals surface area (Å²) in [6.45, 7) is 8.68. The Hall–Kier alpha value is -2.07. The van der Waals surface area contributed by atoms with Gasteiger partial charge in [0.2, 0.25) is 5.91 Å². The fourth-order valence-corrected chi connectivity index (χ4v) is 5.17. The van der Waals surface area contributed by atoms with E-state index in [-0.39, 0.29) is 34.5 Å². The Morgan fingerprint density at radius 2 is 1.89 bits per heavy atom. The monoisotopic (exact) mass is 611 g/mol. The van der Waals surface area contributed by atoms with Gasteiger partial charge in [-0.3, -0.25) is 9.59 Å². The molecule has 3 rings (SSSR count). The highest BCUT2D eigenvalue weighted by Crippen LogP contribution is 2.27. The predicted molar refractivity (Wildman–Crippen MR) is 150 cm³/mol. The molecular formula is C25H28BrCl2N5O2S. The van der Waals surface area contributed by atoms with Crippen molar-refractivity contribution in [2.45, 2.75) is 51.9 Å². The number of carbonyl (C=O) groups excluding carboxylic acids is 2. The lowest BCUT2D eigenvalue weighted by molar-refractivity contribution is -0.113. The number of nitrogens with one attached hydrogen (secondary N) is 2. The predicted octanol–water partition coefficient (Wildman–Crippen LogP) is 6.92. The van der Waals surface area contributed by atoms with Crippen LogP contribution >= 0.6 is 50.9 Å². The van der Waals surface area contributed by atoms with E-state index in [9.17, 15) is 9.59 Å². The molecule has 11 heteroatoms. The number of amides is 2. The molecule has 192 valence electrons. The third-order valence-corrected chi connectivity index (χ3v) is 7.74. The van der Waals surface area contributed by atoms with Crippen molar-refractivity contribution in [3.8, 4) is 0 Å². The molecule has 2 amide bonds. The molecule has 0 aliphatic rings. The Kier molecular flexibility index (Phi) is 10.2. The van der Waals surface area contributed by atoms with Gasteiger partial charge in [0.15, 0.2) is 11.0 Å². The van der Waals surface area contributed by atoms with Gasteiger partial charge in [-0.1, -0.05) is 64.7 Å². The van der Waals surface area contributed by atoms with Crippen LogP contribution in [0.1, 0.15) is 55.0 Å². The number of aromatic nitrogens is 3. The summed E-state index contributed by atoms with van der Waals surface area (Å²) in [7, 11) is 0. The molecule has 0 radical (unpaired) electrons. The van der Waals surface area contributed by atoms with E-state index in [0.29, 0.717) is 34.5 Å². The molecule has 2 N–H and O–H groups in total. The van der Waals surface area contributed by atoms with E-state index in [1.54, 1.807) is 18.2 Å². The van der Waals surface area contributed by atoms with Crippen LogP contribution < -0.4 is 10.6 Å². The number of nitrogens with zero attached hydrogens (tertiary/aromatic N) is 3. The maximum Gasteiger partial charge on any atom is 0.253 e. The summed E-state index contributed by atoms with van der Waals surface area (Å²) < 4.78 is 2.92. The second-order valence-electron chi connectivity index (χ2n) is 8.67. The SMILES string of the molecule is CCn1c(SCC(=O)Nc2ccc(Br)c(C)c2)nnc1[C@@H](CC(C)C)NC(=O)c1ccc(Cl)cc1Cl. The average molecular weight is 613 g/mol. The maximum atomic E-state index is 13.0. The number of hydrogen-bond donors (Lipinski definition) is 2. The quantitative estimate of drug-likeness (QED) is 0.243. The molecule has 36 heavy (non-hydrogen) atoms. The summed E-state index contributed by atoms with van der Waals surface area (Å²) in [5, 5.41) is 16.0. The summed E-state index contributed by atoms with van der Waals surface area (Å²) in [5.74, 6) is 0.643. The van der Waals surface area contributed by atoms with Crippen molar-refractivity contribution in [2.24, 2.45) is 5.92 Å². The molecule has 0 aliphatic heterocycles. The number of benzene rings is 2. The van der Waals surface area contributed by atoms with Gasteiger partial charge in [0.05, 0.1) is 22.4 Å². The van der Waals surface area contributed by atoms with E-state index in [1.807, 2.05) is 36.6 Å². The third kappa shape index (κ3) is 7.47. The number of hydrogen-bond acceptors (Lipinski definition) is 5. The third-order valence-electron chi connectivity index (χ3n) is 5.34. The minimum atomic E-state index is -0.384. The molecule has 0 saturated heterocycles. The van der Waals surface area contributed by atoms with Crippen LogP contribution in [0.3, 0.4) is 0 Å². The van der Waals surface area contributed by atoms with Crippen LogP contribution in [0.15, 0.2) is 46.0 Å². The number of anilines is 1. The molecular weight excluding hydrogens is 585 g/mol. The van der Waals surface area contributed by atoms with Crippen LogP contribution in [-0.2, 0) is 11.3 Å². The van der Waals surface area contributed by atoms with E-state index in [1.165, 1.54) is 11.8 Å². The Labute approximate surface area is 233 Å². The second-order valence-corrected chi connectivity index (χ2v) is 11.3. The van der Waals surface area contributed by atoms with Crippen LogP contribution in [0.2, 0.25) is 10.0 Å². The van der Waals surface area contributed by atoms with Crippen LogP contribution in [0.25, 0.3) is 0 Å². The number of rotatable bonds is 10. The molecule has 0 aliphatic carbocycles. The summed E-state index contributed by atoms with van der Waals surface area (Å²) >= 11 is 17.0. The molecule has 1 atom stereocenters. The Balaban J connectivity index is 1.74. The average Bonchev–Trinajstić information content (AvgIpc) is 3.22. The summed E-state index contributed by atoms with van der Waals surface area (Å²) in [6.07, 6.45) is 0.656. The first-order chi connectivity index (χ1) is 17.1. The highest BCUT2D eigenvalue weighted by atomic mass is 79.9. The van der Waals surface area contributed by atoms with Crippen molar-refractivity contribution in [3.05, 3.63) is 67.9 Å². The van der Waals surface area contributed by atoms with Crippen LogP contribution in [-0.4, -0.2) is 32.3 Å². The lowest BCUT2D eigenvalue weighted by atomic mass is 10.0.